The van der Waals surface area contributed by atoms with E-state index < -0.39 is 11.7 Å². The average Bonchev–Trinajstić information content (AvgIpc) is 3.28. The number of nitrogens with one attached hydrogen (secondary N) is 1. The molecule has 0 atom stereocenters. The third kappa shape index (κ3) is 5.23. The third-order valence-corrected chi connectivity index (χ3v) is 5.17. The normalized spacial score (nSPS) is 11.4. The number of hydrogen-bond donors (Lipinski definition) is 1. The maximum atomic E-state index is 12.7. The van der Waals surface area contributed by atoms with Gasteiger partial charge >= 0.3 is 6.18 Å². The molecule has 2 aromatic heterocycles. The van der Waals surface area contributed by atoms with E-state index in [1.54, 1.807) is 23.2 Å². The number of nitrogens with zero attached hydrogens (tertiary/aromatic N) is 4. The lowest BCUT2D eigenvalue weighted by Crippen LogP contribution is -2.14. The van der Waals surface area contributed by atoms with Crippen LogP contribution in [0, 0.1) is 0 Å². The van der Waals surface area contributed by atoms with Crippen molar-refractivity contribution < 1.29 is 22.7 Å². The minimum absolute atomic E-state index is 0.0588. The summed E-state index contributed by atoms with van der Waals surface area (Å²) in [6.07, 6.45) is -2.85. The summed E-state index contributed by atoms with van der Waals surface area (Å²) in [5.74, 6) is 0.375. The summed E-state index contributed by atoms with van der Waals surface area (Å²) in [4.78, 5) is 15.9. The van der Waals surface area contributed by atoms with Crippen LogP contribution in [0.3, 0.4) is 0 Å². The summed E-state index contributed by atoms with van der Waals surface area (Å²) in [7, 11) is 1.69. The number of alkyl halides is 3. The Morgan fingerprint density at radius 1 is 1.36 bits per heavy atom. The van der Waals surface area contributed by atoms with Crippen LogP contribution < -0.4 is 10.1 Å². The van der Waals surface area contributed by atoms with Crippen molar-refractivity contribution in [3.63, 3.8) is 0 Å². The topological polar surface area (TPSA) is 81.9 Å². The van der Waals surface area contributed by atoms with E-state index in [2.05, 4.69) is 20.5 Å². The molecule has 1 N–H and O–H groups in total. The molecule has 0 saturated carbocycles. The van der Waals surface area contributed by atoms with Gasteiger partial charge in [0, 0.05) is 18.6 Å². The van der Waals surface area contributed by atoms with Crippen LogP contribution in [-0.4, -0.2) is 31.4 Å². The van der Waals surface area contributed by atoms with Crippen LogP contribution in [-0.2, 0) is 24.6 Å². The number of amides is 1. The molecule has 0 unspecified atom stereocenters. The fourth-order valence-corrected chi connectivity index (χ4v) is 3.35. The Morgan fingerprint density at radius 3 is 2.89 bits per heavy atom. The van der Waals surface area contributed by atoms with Gasteiger partial charge in [-0.3, -0.25) is 4.79 Å². The predicted molar refractivity (Wildman–Crippen MR) is 98.2 cm³/mol. The number of benzene rings is 1. The van der Waals surface area contributed by atoms with E-state index in [1.807, 2.05) is 0 Å². The van der Waals surface area contributed by atoms with Gasteiger partial charge in [-0.2, -0.15) is 13.2 Å². The molecule has 28 heavy (non-hydrogen) atoms. The molecule has 3 aromatic rings. The highest BCUT2D eigenvalue weighted by atomic mass is 32.2. The van der Waals surface area contributed by atoms with Crippen molar-refractivity contribution in [1.29, 1.82) is 0 Å². The Labute approximate surface area is 166 Å². The van der Waals surface area contributed by atoms with Crippen LogP contribution in [0.15, 0.2) is 41.0 Å². The first kappa shape index (κ1) is 20.1. The fraction of sp³-hybridized carbons (Fsp3) is 0.250. The van der Waals surface area contributed by atoms with E-state index in [1.165, 1.54) is 35.2 Å². The molecule has 148 valence electrons. The molecule has 1 aromatic carbocycles. The molecule has 1 amide bonds. The molecule has 0 bridgehead atoms. The molecule has 0 spiro atoms. The molecule has 0 fully saturated rings. The zero-order valence-electron chi connectivity index (χ0n) is 14.4. The second-order valence-corrected chi connectivity index (χ2v) is 7.28. The molecular weight excluding hydrogens is 415 g/mol. The van der Waals surface area contributed by atoms with E-state index in [9.17, 15) is 18.0 Å². The maximum absolute atomic E-state index is 12.7. The largest absolute Gasteiger partial charge is 0.486 e. The van der Waals surface area contributed by atoms with Gasteiger partial charge in [-0.15, -0.1) is 21.5 Å². The lowest BCUT2D eigenvalue weighted by atomic mass is 10.2. The Hall–Kier alpha value is -2.60. The first-order valence-electron chi connectivity index (χ1n) is 7.83. The van der Waals surface area contributed by atoms with Crippen LogP contribution in [0.1, 0.15) is 11.4 Å². The number of hydrogen-bond acceptors (Lipinski definition) is 7. The Bertz CT molecular complexity index is 944. The average molecular weight is 429 g/mol. The van der Waals surface area contributed by atoms with Crippen molar-refractivity contribution in [2.24, 2.45) is 7.05 Å². The van der Waals surface area contributed by atoms with E-state index in [0.717, 1.165) is 12.1 Å². The van der Waals surface area contributed by atoms with Crippen molar-refractivity contribution in [3.05, 3.63) is 47.2 Å². The summed E-state index contributed by atoms with van der Waals surface area (Å²) in [5, 5.41) is 13.3. The Morgan fingerprint density at radius 2 is 2.18 bits per heavy atom. The van der Waals surface area contributed by atoms with Crippen LogP contribution >= 0.6 is 23.1 Å². The number of carbonyl (C=O) groups excluding carboxylic acids is 1. The number of anilines is 1. The summed E-state index contributed by atoms with van der Waals surface area (Å²) in [5.41, 5.74) is -0.787. The highest BCUT2D eigenvalue weighted by molar-refractivity contribution is 7.99. The van der Waals surface area contributed by atoms with Gasteiger partial charge in [0.1, 0.15) is 12.4 Å². The number of thiazole rings is 1. The molecule has 0 radical (unpaired) electrons. The lowest BCUT2D eigenvalue weighted by molar-refractivity contribution is -0.137. The first-order chi connectivity index (χ1) is 13.3. The lowest BCUT2D eigenvalue weighted by Gasteiger charge is -2.10. The second kappa shape index (κ2) is 8.61. The van der Waals surface area contributed by atoms with E-state index in [4.69, 9.17) is 4.74 Å². The Balaban J connectivity index is 1.55. The van der Waals surface area contributed by atoms with Crippen molar-refractivity contribution in [2.75, 3.05) is 11.1 Å². The molecule has 0 aliphatic rings. The Kier molecular flexibility index (Phi) is 6.19. The van der Waals surface area contributed by atoms with Gasteiger partial charge < -0.3 is 14.6 Å². The number of rotatable bonds is 7. The van der Waals surface area contributed by atoms with Crippen LogP contribution in [0.2, 0.25) is 0 Å². The third-order valence-electron chi connectivity index (χ3n) is 3.47. The van der Waals surface area contributed by atoms with Crippen LogP contribution in [0.25, 0.3) is 0 Å². The molecular formula is C16H14F3N5O2S2. The van der Waals surface area contributed by atoms with E-state index >= 15 is 0 Å². The SMILES string of the molecule is Cn1c(COc2cccc(C(F)(F)F)c2)nnc1SCC(=O)Nc1nccs1. The summed E-state index contributed by atoms with van der Waals surface area (Å²) in [6.45, 7) is -0.0588. The molecule has 0 saturated heterocycles. The van der Waals surface area contributed by atoms with Crippen LogP contribution in [0.4, 0.5) is 18.3 Å². The van der Waals surface area contributed by atoms with Crippen molar-refractivity contribution in [3.8, 4) is 5.75 Å². The predicted octanol–water partition coefficient (Wildman–Crippen LogP) is 3.60. The van der Waals surface area contributed by atoms with Crippen molar-refractivity contribution in [1.82, 2.24) is 19.7 Å². The molecule has 3 rings (SSSR count). The summed E-state index contributed by atoms with van der Waals surface area (Å²) < 4.78 is 45.3. The molecule has 12 heteroatoms. The summed E-state index contributed by atoms with van der Waals surface area (Å²) >= 11 is 2.49. The van der Waals surface area contributed by atoms with Gasteiger partial charge in [0.25, 0.3) is 0 Å². The van der Waals surface area contributed by atoms with Gasteiger partial charge in [-0.25, -0.2) is 4.98 Å². The van der Waals surface area contributed by atoms with Gasteiger partial charge in [-0.05, 0) is 18.2 Å². The zero-order valence-corrected chi connectivity index (χ0v) is 16.1. The van der Waals surface area contributed by atoms with Gasteiger partial charge in [-0.1, -0.05) is 17.8 Å². The highest BCUT2D eigenvalue weighted by Crippen LogP contribution is 2.31. The van der Waals surface area contributed by atoms with E-state index in [-0.39, 0.29) is 24.0 Å². The number of aromatic nitrogens is 4. The molecule has 2 heterocycles. The van der Waals surface area contributed by atoms with Gasteiger partial charge in [0.05, 0.1) is 11.3 Å². The first-order valence-corrected chi connectivity index (χ1v) is 9.70. The quantitative estimate of drug-likeness (QED) is 0.578. The van der Waals surface area contributed by atoms with E-state index in [0.29, 0.717) is 16.1 Å². The fourth-order valence-electron chi connectivity index (χ4n) is 2.08. The molecule has 0 aliphatic carbocycles. The maximum Gasteiger partial charge on any atom is 0.416 e. The monoisotopic (exact) mass is 429 g/mol. The standard InChI is InChI=1S/C16H14F3N5O2S2/c1-24-12(8-26-11-4-2-3-10(7-11)16(17,18)19)22-23-15(24)28-9-13(25)21-14-20-5-6-27-14/h2-7H,8-9H2,1H3,(H,20,21,25). The van der Waals surface area contributed by atoms with Crippen molar-refractivity contribution >= 4 is 34.1 Å². The number of thioether (sulfide) groups is 1. The van der Waals surface area contributed by atoms with Crippen molar-refractivity contribution in [2.45, 2.75) is 17.9 Å². The zero-order chi connectivity index (χ0) is 20.1. The number of halogens is 3. The van der Waals surface area contributed by atoms with Gasteiger partial charge in [0.2, 0.25) is 5.91 Å². The minimum atomic E-state index is -4.44. The molecule has 7 nitrogen and oxygen atoms in total. The molecule has 0 aliphatic heterocycles. The summed E-state index contributed by atoms with van der Waals surface area (Å²) in [6, 6.07) is 4.61. The second-order valence-electron chi connectivity index (χ2n) is 5.45. The van der Waals surface area contributed by atoms with Gasteiger partial charge in [0.15, 0.2) is 16.1 Å². The van der Waals surface area contributed by atoms with Crippen LogP contribution in [0.5, 0.6) is 5.75 Å². The number of ether oxygens (including phenoxy) is 1. The highest BCUT2D eigenvalue weighted by Gasteiger charge is 2.30. The smallest absolute Gasteiger partial charge is 0.416 e. The number of carbonyl (C=O) groups is 1. The minimum Gasteiger partial charge on any atom is -0.486 e.